The molecule has 6 rings (SSSR count). The molecule has 0 spiro atoms. The van der Waals surface area contributed by atoms with Crippen molar-refractivity contribution in [2.45, 2.75) is 25.9 Å². The number of likely N-dealkylation sites (N-methyl/N-ethyl adjacent to an activating group) is 1. The van der Waals surface area contributed by atoms with Crippen LogP contribution in [-0.4, -0.2) is 59.8 Å². The Labute approximate surface area is 258 Å². The second-order valence-electron chi connectivity index (χ2n) is 11.4. The zero-order valence-electron chi connectivity index (χ0n) is 25.2. The summed E-state index contributed by atoms with van der Waals surface area (Å²) in [5.41, 5.74) is 6.99. The average Bonchev–Trinajstić information content (AvgIpc) is 3.39. The molecule has 8 heteroatoms. The van der Waals surface area contributed by atoms with Crippen molar-refractivity contribution in [2.24, 2.45) is 0 Å². The zero-order valence-corrected chi connectivity index (χ0v) is 25.2. The van der Waals surface area contributed by atoms with Crippen molar-refractivity contribution in [3.05, 3.63) is 125 Å². The second kappa shape index (κ2) is 13.2. The van der Waals surface area contributed by atoms with Crippen molar-refractivity contribution in [1.82, 2.24) is 20.1 Å². The van der Waals surface area contributed by atoms with Gasteiger partial charge >= 0.3 is 0 Å². The number of nitrogens with one attached hydrogen (secondary N) is 3. The number of fused-ring (bicyclic) bond motifs is 1. The highest BCUT2D eigenvalue weighted by atomic mass is 16.2. The Balaban J connectivity index is 1.29. The Hall–Kier alpha value is -4.79. The summed E-state index contributed by atoms with van der Waals surface area (Å²) in [7, 11) is 2.17. The fourth-order valence-electron chi connectivity index (χ4n) is 5.80. The van der Waals surface area contributed by atoms with E-state index in [1.165, 1.54) is 5.56 Å². The minimum Gasteiger partial charge on any atom is -0.354 e. The first-order valence-corrected chi connectivity index (χ1v) is 15.2. The van der Waals surface area contributed by atoms with Crippen LogP contribution in [0, 0.1) is 0 Å². The third-order valence-electron chi connectivity index (χ3n) is 8.39. The van der Waals surface area contributed by atoms with Gasteiger partial charge in [0, 0.05) is 73.2 Å². The maximum Gasteiger partial charge on any atom is 0.258 e. The van der Waals surface area contributed by atoms with Gasteiger partial charge in [-0.1, -0.05) is 49.4 Å². The van der Waals surface area contributed by atoms with E-state index in [1.54, 1.807) is 30.6 Å². The molecule has 0 radical (unpaired) electrons. The van der Waals surface area contributed by atoms with Crippen LogP contribution in [0.5, 0.6) is 0 Å². The summed E-state index contributed by atoms with van der Waals surface area (Å²) in [6.45, 7) is 7.26. The maximum atomic E-state index is 13.5. The van der Waals surface area contributed by atoms with Crippen LogP contribution in [0.3, 0.4) is 0 Å². The number of hydrogen-bond donors (Lipinski definition) is 3. The molecule has 0 aliphatic carbocycles. The number of aromatic nitrogens is 1. The number of benzene rings is 3. The smallest absolute Gasteiger partial charge is 0.258 e. The molecule has 0 unspecified atom stereocenters. The van der Waals surface area contributed by atoms with Gasteiger partial charge in [0.05, 0.1) is 17.3 Å². The van der Waals surface area contributed by atoms with Crippen molar-refractivity contribution in [3.63, 3.8) is 0 Å². The first-order valence-electron chi connectivity index (χ1n) is 15.2. The summed E-state index contributed by atoms with van der Waals surface area (Å²) in [4.78, 5) is 35.9. The third kappa shape index (κ3) is 6.56. The van der Waals surface area contributed by atoms with Crippen LogP contribution in [0.2, 0.25) is 0 Å². The van der Waals surface area contributed by atoms with Gasteiger partial charge in [-0.2, -0.15) is 0 Å². The Morgan fingerprint density at radius 1 is 0.909 bits per heavy atom. The molecular weight excluding hydrogens is 548 g/mol. The number of hydrogen-bond acceptors (Lipinski definition) is 6. The monoisotopic (exact) mass is 586 g/mol. The maximum absolute atomic E-state index is 13.5. The van der Waals surface area contributed by atoms with E-state index in [0.29, 0.717) is 28.1 Å². The van der Waals surface area contributed by atoms with Crippen LogP contribution < -0.4 is 16.0 Å². The molecule has 2 aliphatic rings. The highest BCUT2D eigenvalue weighted by molar-refractivity contribution is 6.37. The van der Waals surface area contributed by atoms with Crippen LogP contribution in [0.15, 0.2) is 97.3 Å². The molecule has 1 atom stereocenters. The van der Waals surface area contributed by atoms with Crippen molar-refractivity contribution >= 4 is 34.5 Å². The van der Waals surface area contributed by atoms with Crippen LogP contribution >= 0.6 is 0 Å². The molecule has 4 aromatic rings. The lowest BCUT2D eigenvalue weighted by atomic mass is 9.98. The van der Waals surface area contributed by atoms with Gasteiger partial charge in [-0.25, -0.2) is 0 Å². The lowest BCUT2D eigenvalue weighted by Gasteiger charge is -2.32. The first-order chi connectivity index (χ1) is 21.5. The van der Waals surface area contributed by atoms with Gasteiger partial charge in [0.15, 0.2) is 0 Å². The number of piperazine rings is 1. The molecule has 3 N–H and O–H groups in total. The molecule has 2 amide bonds. The first kappa shape index (κ1) is 29.3. The minimum atomic E-state index is -0.223. The topological polar surface area (TPSA) is 89.6 Å². The van der Waals surface area contributed by atoms with E-state index in [4.69, 9.17) is 0 Å². The Kier molecular flexibility index (Phi) is 8.81. The lowest BCUT2D eigenvalue weighted by molar-refractivity contribution is -0.110. The number of pyridine rings is 1. The van der Waals surface area contributed by atoms with Crippen LogP contribution in [0.4, 0.5) is 11.4 Å². The number of anilines is 2. The van der Waals surface area contributed by atoms with Crippen LogP contribution in [-0.2, 0) is 11.3 Å². The highest BCUT2D eigenvalue weighted by Gasteiger charge is 2.30. The SMILES string of the molecule is CC[C@@H](NC(=O)c1ccc2c(c1)/C(=C(/Nc1ccc(CN3CCN(C)CC3)cc1)c1ccncc1)C(=O)N2)c1ccccc1. The quantitative estimate of drug-likeness (QED) is 0.220. The van der Waals surface area contributed by atoms with Crippen LogP contribution in [0.25, 0.3) is 11.3 Å². The molecule has 3 heterocycles. The Bertz CT molecular complexity index is 1650. The van der Waals surface area contributed by atoms with Gasteiger partial charge in [-0.05, 0) is 67.1 Å². The lowest BCUT2D eigenvalue weighted by Crippen LogP contribution is -2.43. The van der Waals surface area contributed by atoms with E-state index in [0.717, 1.165) is 56.0 Å². The second-order valence-corrected chi connectivity index (χ2v) is 11.4. The summed E-state index contributed by atoms with van der Waals surface area (Å²) in [5, 5.41) is 9.68. The Morgan fingerprint density at radius 3 is 2.34 bits per heavy atom. The van der Waals surface area contributed by atoms with Crippen molar-refractivity contribution in [2.75, 3.05) is 43.9 Å². The number of nitrogens with zero attached hydrogens (tertiary/aromatic N) is 3. The van der Waals surface area contributed by atoms with E-state index in [1.807, 2.05) is 42.5 Å². The molecular formula is C36H38N6O2. The number of carbonyl (C=O) groups excluding carboxylic acids is 2. The van der Waals surface area contributed by atoms with Gasteiger partial charge in [0.1, 0.15) is 0 Å². The summed E-state index contributed by atoms with van der Waals surface area (Å²) in [6, 6.07) is 27.3. The predicted molar refractivity (Wildman–Crippen MR) is 176 cm³/mol. The summed E-state index contributed by atoms with van der Waals surface area (Å²) >= 11 is 0. The highest BCUT2D eigenvalue weighted by Crippen LogP contribution is 2.38. The average molecular weight is 587 g/mol. The molecule has 0 saturated carbocycles. The molecule has 2 aliphatic heterocycles. The molecule has 224 valence electrons. The van der Waals surface area contributed by atoms with Gasteiger partial charge in [-0.3, -0.25) is 19.5 Å². The fraction of sp³-hybridized carbons (Fsp3) is 0.250. The van der Waals surface area contributed by atoms with Crippen molar-refractivity contribution in [3.8, 4) is 0 Å². The molecule has 3 aromatic carbocycles. The zero-order chi connectivity index (χ0) is 30.5. The van der Waals surface area contributed by atoms with Gasteiger partial charge in [0.25, 0.3) is 11.8 Å². The normalized spacial score (nSPS) is 17.0. The van der Waals surface area contributed by atoms with E-state index >= 15 is 0 Å². The molecule has 1 fully saturated rings. The molecule has 1 aromatic heterocycles. The summed E-state index contributed by atoms with van der Waals surface area (Å²) in [5.74, 6) is -0.407. The summed E-state index contributed by atoms with van der Waals surface area (Å²) < 4.78 is 0. The van der Waals surface area contributed by atoms with Gasteiger partial charge < -0.3 is 20.9 Å². The Morgan fingerprint density at radius 2 is 1.64 bits per heavy atom. The molecule has 8 nitrogen and oxygen atoms in total. The van der Waals surface area contributed by atoms with Crippen molar-refractivity contribution in [1.29, 1.82) is 0 Å². The van der Waals surface area contributed by atoms with Crippen LogP contribution in [0.1, 0.15) is 52.0 Å². The van der Waals surface area contributed by atoms with Gasteiger partial charge in [-0.15, -0.1) is 0 Å². The summed E-state index contributed by atoms with van der Waals surface area (Å²) in [6.07, 6.45) is 4.18. The van der Waals surface area contributed by atoms with E-state index in [9.17, 15) is 9.59 Å². The predicted octanol–water partition coefficient (Wildman–Crippen LogP) is 5.64. The number of rotatable bonds is 9. The van der Waals surface area contributed by atoms with Crippen molar-refractivity contribution < 1.29 is 9.59 Å². The fourth-order valence-corrected chi connectivity index (χ4v) is 5.80. The largest absolute Gasteiger partial charge is 0.354 e. The standard InChI is InChI=1S/C36H38N6O2/c1-3-31(26-7-5-4-6-8-26)39-35(43)28-11-14-32-30(23-28)33(36(44)40-32)34(27-15-17-37-18-16-27)38-29-12-9-25(10-13-29)24-42-21-19-41(2)20-22-42/h4-18,23,31,38H,3,19-22,24H2,1-2H3,(H,39,43)(H,40,44)/b34-33-/t31-/m1/s1. The third-order valence-corrected chi connectivity index (χ3v) is 8.39. The molecule has 44 heavy (non-hydrogen) atoms. The minimum absolute atomic E-state index is 0.111. The number of amides is 2. The van der Waals surface area contributed by atoms with Gasteiger partial charge in [0.2, 0.25) is 0 Å². The van der Waals surface area contributed by atoms with E-state index < -0.39 is 0 Å². The number of carbonyl (C=O) groups is 2. The molecule has 1 saturated heterocycles. The van der Waals surface area contributed by atoms with E-state index in [2.05, 4.69) is 69.0 Å². The molecule has 0 bridgehead atoms. The van der Waals surface area contributed by atoms with E-state index in [-0.39, 0.29) is 17.9 Å².